The summed E-state index contributed by atoms with van der Waals surface area (Å²) in [5, 5.41) is 15.1. The molecule has 1 saturated heterocycles. The molecule has 1 aliphatic heterocycles. The van der Waals surface area contributed by atoms with Gasteiger partial charge in [-0.3, -0.25) is 9.48 Å². The van der Waals surface area contributed by atoms with Gasteiger partial charge in [0.1, 0.15) is 11.6 Å². The molecule has 9 nitrogen and oxygen atoms in total. The minimum atomic E-state index is -0.266. The topological polar surface area (TPSA) is 95.6 Å². The first kappa shape index (κ1) is 14.6. The Bertz CT molecular complexity index is 873. The van der Waals surface area contributed by atoms with Gasteiger partial charge in [-0.25, -0.2) is 0 Å². The van der Waals surface area contributed by atoms with Crippen molar-refractivity contribution >= 4 is 11.4 Å². The van der Waals surface area contributed by atoms with Crippen molar-refractivity contribution in [1.29, 1.82) is 0 Å². The van der Waals surface area contributed by atoms with Gasteiger partial charge in [-0.2, -0.15) is 19.9 Å². The van der Waals surface area contributed by atoms with Gasteiger partial charge >= 0.3 is 0 Å². The van der Waals surface area contributed by atoms with Gasteiger partial charge in [0, 0.05) is 13.2 Å². The van der Waals surface area contributed by atoms with Crippen LogP contribution in [0.2, 0.25) is 0 Å². The molecule has 1 aliphatic rings. The predicted molar refractivity (Wildman–Crippen MR) is 82.7 cm³/mol. The molecule has 1 fully saturated rings. The summed E-state index contributed by atoms with van der Waals surface area (Å²) in [6, 6.07) is 3.31. The molecule has 0 aliphatic carbocycles. The lowest BCUT2D eigenvalue weighted by Gasteiger charge is -2.19. The van der Waals surface area contributed by atoms with Crippen LogP contribution in [0.3, 0.4) is 0 Å². The summed E-state index contributed by atoms with van der Waals surface area (Å²) in [5.41, 5.74) is 1.12. The van der Waals surface area contributed by atoms with E-state index in [9.17, 15) is 4.79 Å². The van der Waals surface area contributed by atoms with Crippen LogP contribution in [-0.4, -0.2) is 55.9 Å². The Balaban J connectivity index is 1.48. The molecule has 0 unspecified atom stereocenters. The van der Waals surface area contributed by atoms with E-state index in [1.807, 2.05) is 7.05 Å². The van der Waals surface area contributed by atoms with Crippen LogP contribution in [0.15, 0.2) is 36.9 Å². The van der Waals surface area contributed by atoms with Crippen LogP contribution in [-0.2, 0) is 11.8 Å². The molecule has 4 rings (SSSR count). The molecular formula is C15H16N6O3. The first-order valence-electron chi connectivity index (χ1n) is 7.53. The molecule has 0 aromatic carbocycles. The van der Waals surface area contributed by atoms with Gasteiger partial charge in [0.05, 0.1) is 43.4 Å². The van der Waals surface area contributed by atoms with Crippen molar-refractivity contribution in [1.82, 2.24) is 29.9 Å². The summed E-state index contributed by atoms with van der Waals surface area (Å²) in [6.45, 7) is 0.810. The third kappa shape index (κ3) is 2.69. The summed E-state index contributed by atoms with van der Waals surface area (Å²) in [6.07, 6.45) is 6.26. The molecule has 0 radical (unpaired) electrons. The van der Waals surface area contributed by atoms with Crippen molar-refractivity contribution in [3.05, 3.63) is 42.5 Å². The molecule has 3 aromatic heterocycles. The normalized spacial score (nSPS) is 20.4. The highest BCUT2D eigenvalue weighted by molar-refractivity contribution is 6.00. The molecule has 124 valence electrons. The monoisotopic (exact) mass is 328 g/mol. The zero-order chi connectivity index (χ0) is 16.5. The second-order valence-electron chi connectivity index (χ2n) is 5.58. The van der Waals surface area contributed by atoms with Gasteiger partial charge in [0.25, 0.3) is 5.91 Å². The van der Waals surface area contributed by atoms with E-state index in [0.29, 0.717) is 30.0 Å². The number of carbonyl (C=O) groups excluding carboxylic acids is 1. The molecule has 0 spiro atoms. The van der Waals surface area contributed by atoms with E-state index in [1.165, 1.54) is 10.8 Å². The summed E-state index contributed by atoms with van der Waals surface area (Å²) in [4.78, 5) is 12.6. The lowest BCUT2D eigenvalue weighted by Crippen LogP contribution is -2.45. The maximum absolute atomic E-state index is 12.6. The first-order chi connectivity index (χ1) is 11.7. The Morgan fingerprint density at radius 2 is 2.25 bits per heavy atom. The average Bonchev–Trinajstić information content (AvgIpc) is 3.28. The quantitative estimate of drug-likeness (QED) is 0.726. The van der Waals surface area contributed by atoms with Crippen molar-refractivity contribution in [2.45, 2.75) is 12.1 Å². The number of fused-ring (bicyclic) bond motifs is 1. The second-order valence-corrected chi connectivity index (χ2v) is 5.58. The van der Waals surface area contributed by atoms with E-state index >= 15 is 0 Å². The lowest BCUT2D eigenvalue weighted by atomic mass is 10.2. The Hall–Kier alpha value is -2.94. The van der Waals surface area contributed by atoms with Crippen LogP contribution in [0.4, 0.5) is 0 Å². The summed E-state index contributed by atoms with van der Waals surface area (Å²) >= 11 is 0. The molecule has 9 heteroatoms. The minimum Gasteiger partial charge on any atom is -0.482 e. The van der Waals surface area contributed by atoms with E-state index in [0.717, 1.165) is 0 Å². The van der Waals surface area contributed by atoms with Gasteiger partial charge in [-0.15, -0.1) is 0 Å². The fourth-order valence-corrected chi connectivity index (χ4v) is 2.67. The van der Waals surface area contributed by atoms with Crippen molar-refractivity contribution in [2.24, 2.45) is 7.05 Å². The molecule has 24 heavy (non-hydrogen) atoms. The average molecular weight is 328 g/mol. The summed E-state index contributed by atoms with van der Waals surface area (Å²) in [5.74, 6) is 0.417. The first-order valence-corrected chi connectivity index (χ1v) is 7.53. The lowest BCUT2D eigenvalue weighted by molar-refractivity contribution is 0.0905. The molecule has 4 heterocycles. The second kappa shape index (κ2) is 5.93. The van der Waals surface area contributed by atoms with Crippen LogP contribution >= 0.6 is 0 Å². The van der Waals surface area contributed by atoms with Gasteiger partial charge in [0.2, 0.25) is 0 Å². The highest BCUT2D eigenvalue weighted by Gasteiger charge is 2.32. The van der Waals surface area contributed by atoms with Crippen LogP contribution in [0.5, 0.6) is 5.75 Å². The number of aryl methyl sites for hydroxylation is 1. The number of hydrogen-bond donors (Lipinski definition) is 1. The van der Waals surface area contributed by atoms with E-state index in [1.54, 1.807) is 35.4 Å². The smallest absolute Gasteiger partial charge is 0.255 e. The van der Waals surface area contributed by atoms with Crippen LogP contribution in [0, 0.1) is 0 Å². The molecular weight excluding hydrogens is 312 g/mol. The molecule has 1 amide bonds. The third-order valence-electron chi connectivity index (χ3n) is 3.86. The number of carbonyl (C=O) groups is 1. The SMILES string of the molecule is Cn1cc(O[C@@H]2COC[C@@H]2NC(=O)c2cnn3ncccc23)cn1. The maximum Gasteiger partial charge on any atom is 0.255 e. The summed E-state index contributed by atoms with van der Waals surface area (Å²) < 4.78 is 14.4. The molecule has 2 atom stereocenters. The van der Waals surface area contributed by atoms with E-state index in [4.69, 9.17) is 9.47 Å². The Labute approximate surface area is 137 Å². The van der Waals surface area contributed by atoms with E-state index in [2.05, 4.69) is 20.6 Å². The number of ether oxygens (including phenoxy) is 2. The zero-order valence-corrected chi connectivity index (χ0v) is 13.0. The van der Waals surface area contributed by atoms with Crippen LogP contribution in [0.1, 0.15) is 10.4 Å². The van der Waals surface area contributed by atoms with E-state index < -0.39 is 0 Å². The largest absolute Gasteiger partial charge is 0.482 e. The number of amides is 1. The number of hydrogen-bond acceptors (Lipinski definition) is 6. The van der Waals surface area contributed by atoms with Crippen LogP contribution < -0.4 is 10.1 Å². The van der Waals surface area contributed by atoms with Crippen molar-refractivity contribution in [3.63, 3.8) is 0 Å². The minimum absolute atomic E-state index is 0.228. The van der Waals surface area contributed by atoms with Gasteiger partial charge in [-0.1, -0.05) is 0 Å². The van der Waals surface area contributed by atoms with E-state index in [-0.39, 0.29) is 18.1 Å². The number of nitrogens with zero attached hydrogens (tertiary/aromatic N) is 5. The zero-order valence-electron chi connectivity index (χ0n) is 13.0. The Kier molecular flexibility index (Phi) is 3.62. The maximum atomic E-state index is 12.6. The standard InChI is InChI=1S/C15H16N6O3/c1-20-7-10(5-17-20)24-14-9-23-8-12(14)19-15(22)11-6-18-21-13(11)3-2-4-16-21/h2-7,12,14H,8-9H2,1H3,(H,19,22)/t12-,14+/m0/s1. The third-order valence-corrected chi connectivity index (χ3v) is 3.86. The fourth-order valence-electron chi connectivity index (χ4n) is 2.67. The Morgan fingerprint density at radius 1 is 1.33 bits per heavy atom. The van der Waals surface area contributed by atoms with Crippen molar-refractivity contribution in [2.75, 3.05) is 13.2 Å². The molecule has 0 bridgehead atoms. The van der Waals surface area contributed by atoms with Gasteiger partial charge < -0.3 is 14.8 Å². The van der Waals surface area contributed by atoms with Crippen molar-refractivity contribution < 1.29 is 14.3 Å². The Morgan fingerprint density at radius 3 is 3.08 bits per heavy atom. The van der Waals surface area contributed by atoms with Gasteiger partial charge in [-0.05, 0) is 12.1 Å². The van der Waals surface area contributed by atoms with Gasteiger partial charge in [0.15, 0.2) is 5.75 Å². The summed E-state index contributed by atoms with van der Waals surface area (Å²) in [7, 11) is 1.82. The van der Waals surface area contributed by atoms with Crippen LogP contribution in [0.25, 0.3) is 5.52 Å². The fraction of sp³-hybridized carbons (Fsp3) is 0.333. The molecule has 3 aromatic rings. The number of rotatable bonds is 4. The highest BCUT2D eigenvalue weighted by atomic mass is 16.5. The highest BCUT2D eigenvalue weighted by Crippen LogP contribution is 2.17. The number of nitrogens with one attached hydrogen (secondary N) is 1. The predicted octanol–water partition coefficient (Wildman–Crippen LogP) is 0.0390. The molecule has 1 N–H and O–H groups in total. The van der Waals surface area contributed by atoms with Crippen molar-refractivity contribution in [3.8, 4) is 5.75 Å². The number of aromatic nitrogens is 5. The molecule has 0 saturated carbocycles.